The average molecular weight is 352 g/mol. The maximum absolute atomic E-state index is 12.5. The first-order chi connectivity index (χ1) is 11.4. The summed E-state index contributed by atoms with van der Waals surface area (Å²) in [6, 6.07) is 9.00. The van der Waals surface area contributed by atoms with Crippen LogP contribution in [-0.4, -0.2) is 63.2 Å². The van der Waals surface area contributed by atoms with Crippen molar-refractivity contribution < 1.29 is 8.42 Å². The van der Waals surface area contributed by atoms with Crippen LogP contribution in [0.3, 0.4) is 0 Å². The third kappa shape index (κ3) is 3.99. The van der Waals surface area contributed by atoms with E-state index in [0.717, 1.165) is 32.4 Å². The second-order valence-electron chi connectivity index (χ2n) is 7.43. The Balaban J connectivity index is 1.68. The van der Waals surface area contributed by atoms with Crippen LogP contribution in [0.15, 0.2) is 24.3 Å². The van der Waals surface area contributed by atoms with Crippen molar-refractivity contribution >= 4 is 10.0 Å². The van der Waals surface area contributed by atoms with Gasteiger partial charge in [0.05, 0.1) is 5.75 Å². The Kier molecular flexibility index (Phi) is 5.30. The minimum Gasteiger partial charge on any atom is -0.306 e. The number of sulfonamides is 1. The number of hydrogen-bond acceptors (Lipinski definition) is 4. The van der Waals surface area contributed by atoms with Crippen LogP contribution in [0, 0.1) is 0 Å². The lowest BCUT2D eigenvalue weighted by molar-refractivity contribution is 0.122. The van der Waals surface area contributed by atoms with Crippen molar-refractivity contribution in [3.63, 3.8) is 0 Å². The molecule has 24 heavy (non-hydrogen) atoms. The summed E-state index contributed by atoms with van der Waals surface area (Å²) < 4.78 is 27.9. The largest absolute Gasteiger partial charge is 0.306 e. The van der Waals surface area contributed by atoms with Gasteiger partial charge in [0.15, 0.2) is 0 Å². The molecule has 1 fully saturated rings. The Morgan fingerprint density at radius 2 is 2.04 bits per heavy atom. The van der Waals surface area contributed by atoms with Crippen LogP contribution < -0.4 is 4.72 Å². The van der Waals surface area contributed by atoms with Gasteiger partial charge in [0.2, 0.25) is 10.0 Å². The lowest BCUT2D eigenvalue weighted by Crippen LogP contribution is -2.49. The van der Waals surface area contributed by atoms with Crippen LogP contribution >= 0.6 is 0 Å². The van der Waals surface area contributed by atoms with Gasteiger partial charge in [-0.15, -0.1) is 0 Å². The molecule has 5 nitrogen and oxygen atoms in total. The highest BCUT2D eigenvalue weighted by Gasteiger charge is 2.34. The summed E-state index contributed by atoms with van der Waals surface area (Å²) in [5.74, 6) is 0.154. The molecule has 0 spiro atoms. The minimum absolute atomic E-state index is 0.0120. The maximum atomic E-state index is 12.5. The van der Waals surface area contributed by atoms with E-state index in [0.29, 0.717) is 6.04 Å². The molecule has 3 rings (SSSR count). The van der Waals surface area contributed by atoms with E-state index in [1.165, 1.54) is 11.1 Å². The van der Waals surface area contributed by atoms with E-state index in [2.05, 4.69) is 33.9 Å². The summed E-state index contributed by atoms with van der Waals surface area (Å²) in [7, 11) is 0.578. The van der Waals surface area contributed by atoms with Crippen molar-refractivity contribution in [1.29, 1.82) is 0 Å². The summed E-state index contributed by atoms with van der Waals surface area (Å²) in [5, 5.41) is 0. The fourth-order valence-corrected chi connectivity index (χ4v) is 5.58. The fourth-order valence-electron chi connectivity index (χ4n) is 3.83. The number of nitrogens with one attached hydrogen (secondary N) is 1. The third-order valence-corrected chi connectivity index (χ3v) is 7.10. The monoisotopic (exact) mass is 351 g/mol. The van der Waals surface area contributed by atoms with Gasteiger partial charge in [-0.1, -0.05) is 24.3 Å². The molecule has 0 amide bonds. The molecule has 3 unspecified atom stereocenters. The molecule has 0 bridgehead atoms. The number of piperidine rings is 1. The maximum Gasteiger partial charge on any atom is 0.213 e. The number of hydrogen-bond donors (Lipinski definition) is 1. The quantitative estimate of drug-likeness (QED) is 0.876. The average Bonchev–Trinajstić information content (AvgIpc) is 2.53. The summed E-state index contributed by atoms with van der Waals surface area (Å²) in [5.41, 5.74) is 2.80. The SMILES string of the molecule is CC(CS(=O)(=O)NC1CCN2CCc3ccccc3C2C1)N(C)C. The highest BCUT2D eigenvalue weighted by atomic mass is 32.2. The standard InChI is InChI=1S/C18H29N3O2S/c1-14(20(2)3)13-24(22,23)19-16-9-11-21-10-8-15-6-4-5-7-17(15)18(21)12-16/h4-7,14,16,18-19H,8-13H2,1-3H3. The van der Waals surface area contributed by atoms with Crippen molar-refractivity contribution in [2.24, 2.45) is 0 Å². The Morgan fingerprint density at radius 3 is 2.79 bits per heavy atom. The Morgan fingerprint density at radius 1 is 1.29 bits per heavy atom. The van der Waals surface area contributed by atoms with Crippen LogP contribution in [0.4, 0.5) is 0 Å². The summed E-state index contributed by atoms with van der Waals surface area (Å²) in [6.45, 7) is 3.99. The Hall–Kier alpha value is -0.950. The van der Waals surface area contributed by atoms with Gasteiger partial charge < -0.3 is 4.90 Å². The summed E-state index contributed by atoms with van der Waals surface area (Å²) >= 11 is 0. The predicted molar refractivity (Wildman–Crippen MR) is 97.6 cm³/mol. The zero-order chi connectivity index (χ0) is 17.3. The van der Waals surface area contributed by atoms with Crippen molar-refractivity contribution in [1.82, 2.24) is 14.5 Å². The zero-order valence-electron chi connectivity index (χ0n) is 14.9. The van der Waals surface area contributed by atoms with Gasteiger partial charge in [-0.05, 0) is 51.4 Å². The molecule has 0 saturated carbocycles. The number of rotatable bonds is 5. The molecule has 1 N–H and O–H groups in total. The van der Waals surface area contributed by atoms with E-state index < -0.39 is 10.0 Å². The van der Waals surface area contributed by atoms with Crippen molar-refractivity contribution in [3.8, 4) is 0 Å². The van der Waals surface area contributed by atoms with Crippen molar-refractivity contribution in [3.05, 3.63) is 35.4 Å². The summed E-state index contributed by atoms with van der Waals surface area (Å²) in [4.78, 5) is 4.45. The molecule has 1 aromatic carbocycles. The molecule has 0 radical (unpaired) electrons. The van der Waals surface area contributed by atoms with E-state index in [1.54, 1.807) is 0 Å². The van der Waals surface area contributed by atoms with Gasteiger partial charge in [0, 0.05) is 31.2 Å². The van der Waals surface area contributed by atoms with E-state index in [4.69, 9.17) is 0 Å². The molecule has 2 heterocycles. The normalized spacial score (nSPS) is 26.0. The fraction of sp³-hybridized carbons (Fsp3) is 0.667. The first-order valence-electron chi connectivity index (χ1n) is 8.84. The van der Waals surface area contributed by atoms with E-state index in [1.807, 2.05) is 25.9 Å². The number of benzene rings is 1. The predicted octanol–water partition coefficient (Wildman–Crippen LogP) is 1.62. The lowest BCUT2D eigenvalue weighted by atomic mass is 9.85. The van der Waals surface area contributed by atoms with Gasteiger partial charge >= 0.3 is 0 Å². The van der Waals surface area contributed by atoms with Crippen LogP contribution in [0.2, 0.25) is 0 Å². The molecule has 0 aliphatic carbocycles. The molecule has 134 valence electrons. The van der Waals surface area contributed by atoms with Crippen LogP contribution in [0.1, 0.15) is 36.9 Å². The molecule has 1 saturated heterocycles. The molecule has 0 aromatic heterocycles. The van der Waals surface area contributed by atoms with E-state index >= 15 is 0 Å². The zero-order valence-corrected chi connectivity index (χ0v) is 15.7. The first kappa shape index (κ1) is 17.9. The van der Waals surface area contributed by atoms with E-state index in [-0.39, 0.29) is 17.8 Å². The second kappa shape index (κ2) is 7.12. The topological polar surface area (TPSA) is 52.7 Å². The molecule has 2 aliphatic rings. The second-order valence-corrected chi connectivity index (χ2v) is 9.23. The number of nitrogens with zero attached hydrogens (tertiary/aromatic N) is 2. The lowest BCUT2D eigenvalue weighted by Gasteiger charge is -2.43. The van der Waals surface area contributed by atoms with Gasteiger partial charge in [0.25, 0.3) is 0 Å². The third-order valence-electron chi connectivity index (χ3n) is 5.48. The highest BCUT2D eigenvalue weighted by Crippen LogP contribution is 2.36. The van der Waals surface area contributed by atoms with Gasteiger partial charge in [0.1, 0.15) is 0 Å². The molecule has 6 heteroatoms. The van der Waals surface area contributed by atoms with Crippen LogP contribution in [-0.2, 0) is 16.4 Å². The molecular weight excluding hydrogens is 322 g/mol. The molecule has 2 aliphatic heterocycles. The van der Waals surface area contributed by atoms with Crippen LogP contribution in [0.25, 0.3) is 0 Å². The highest BCUT2D eigenvalue weighted by molar-refractivity contribution is 7.89. The number of fused-ring (bicyclic) bond motifs is 3. The summed E-state index contributed by atoms with van der Waals surface area (Å²) in [6.07, 6.45) is 2.87. The van der Waals surface area contributed by atoms with E-state index in [9.17, 15) is 8.42 Å². The van der Waals surface area contributed by atoms with Gasteiger partial charge in [-0.2, -0.15) is 0 Å². The van der Waals surface area contributed by atoms with Gasteiger partial charge in [-0.3, -0.25) is 4.90 Å². The minimum atomic E-state index is -3.25. The van der Waals surface area contributed by atoms with Crippen molar-refractivity contribution in [2.75, 3.05) is 32.9 Å². The van der Waals surface area contributed by atoms with Crippen LogP contribution in [0.5, 0.6) is 0 Å². The molecule has 1 aromatic rings. The first-order valence-corrected chi connectivity index (χ1v) is 10.5. The Bertz CT molecular complexity index is 675. The molecular formula is C18H29N3O2S. The van der Waals surface area contributed by atoms with Crippen molar-refractivity contribution in [2.45, 2.75) is 44.3 Å². The van der Waals surface area contributed by atoms with Gasteiger partial charge in [-0.25, -0.2) is 13.1 Å². The smallest absolute Gasteiger partial charge is 0.213 e. The molecule has 3 atom stereocenters. The Labute approximate surface area is 146 Å².